The minimum atomic E-state index is -0.0725. The van der Waals surface area contributed by atoms with Crippen LogP contribution in [0.1, 0.15) is 136 Å². The summed E-state index contributed by atoms with van der Waals surface area (Å²) in [7, 11) is 0. The van der Waals surface area contributed by atoms with E-state index in [1.165, 1.54) is 96.3 Å². The monoisotopic (exact) mass is 893 g/mol. The Bertz CT molecular complexity index is 2420. The van der Waals surface area contributed by atoms with Crippen molar-refractivity contribution in [2.75, 3.05) is 4.90 Å². The Labute approximate surface area is 405 Å². The normalized spacial score (nSPS) is 33.4. The van der Waals surface area contributed by atoms with E-state index in [9.17, 15) is 0 Å². The van der Waals surface area contributed by atoms with Gasteiger partial charge < -0.3 is 4.90 Å². The van der Waals surface area contributed by atoms with E-state index in [0.717, 1.165) is 38.5 Å². The Kier molecular flexibility index (Phi) is 13.7. The first-order valence-electron chi connectivity index (χ1n) is 26.8. The van der Waals surface area contributed by atoms with Crippen LogP contribution in [0.25, 0.3) is 5.57 Å². The number of rotatable bonds is 15. The molecule has 3 heterocycles. The standard InChI is InChI=1S/C63H80N4/c1-8-12-15-26-46-40-57(44-24-16-14-17-25-44)65-62(64-46)45-33-35-50-51-36-34-48(41-56(51)63(6,7)55(50)39-45)66-58(49(11-4)52-28-18-19-30-59(52)66)31-21-23-43-32-37-60-54(38-43)53-29-20-22-42(5)61(53)67(60)47(10-3)27-13-9-2/h8,10-12,15-16,18-20,24-26,29-30,33-36,38,41-43,45-47,52-53,57,60-62,64-65H,3-4,9,13-14,17,21-23,27-28,31-32,37,39-40H2,1-2,5-7H3/b12-8-,26-15+/t42-,43?,45?,46?,47?,52?,53?,57?,60?,61?,62-/m1/s1. The quantitative estimate of drug-likeness (QED) is 0.136. The predicted octanol–water partition coefficient (Wildman–Crippen LogP) is 14.6. The summed E-state index contributed by atoms with van der Waals surface area (Å²) in [6, 6.07) is 9.78. The molecular weight excluding hydrogens is 813 g/mol. The van der Waals surface area contributed by atoms with Crippen LogP contribution < -0.4 is 15.5 Å². The Hall–Kier alpha value is -4.48. The summed E-state index contributed by atoms with van der Waals surface area (Å²) in [5.74, 6) is 2.62. The zero-order chi connectivity index (χ0) is 46.2. The van der Waals surface area contributed by atoms with E-state index in [1.807, 2.05) is 0 Å². The predicted molar refractivity (Wildman–Crippen MR) is 285 cm³/mol. The second kappa shape index (κ2) is 19.9. The second-order valence-electron chi connectivity index (χ2n) is 22.0. The molecule has 4 nitrogen and oxygen atoms in total. The van der Waals surface area contributed by atoms with Gasteiger partial charge in [-0.3, -0.25) is 15.5 Å². The van der Waals surface area contributed by atoms with Crippen molar-refractivity contribution in [3.63, 3.8) is 0 Å². The van der Waals surface area contributed by atoms with Gasteiger partial charge in [0.1, 0.15) is 0 Å². The average molecular weight is 893 g/mol. The lowest BCUT2D eigenvalue weighted by Gasteiger charge is -2.42. The molecule has 352 valence electrons. The second-order valence-corrected chi connectivity index (χ2v) is 22.0. The molecule has 11 atom stereocenters. The number of unbranched alkanes of at least 4 members (excludes halogenated alkanes) is 1. The molecule has 0 spiro atoms. The molecule has 0 bridgehead atoms. The van der Waals surface area contributed by atoms with Gasteiger partial charge in [0.25, 0.3) is 0 Å². The summed E-state index contributed by atoms with van der Waals surface area (Å²) in [5.41, 5.74) is 14.6. The van der Waals surface area contributed by atoms with E-state index < -0.39 is 0 Å². The van der Waals surface area contributed by atoms with Gasteiger partial charge in [-0.15, -0.1) is 6.58 Å². The van der Waals surface area contributed by atoms with Crippen molar-refractivity contribution < 1.29 is 0 Å². The lowest BCUT2D eigenvalue weighted by atomic mass is 9.75. The highest BCUT2D eigenvalue weighted by molar-refractivity contribution is 5.88. The van der Waals surface area contributed by atoms with Crippen LogP contribution in [0, 0.1) is 29.6 Å². The third kappa shape index (κ3) is 8.67. The zero-order valence-electron chi connectivity index (χ0n) is 41.6. The summed E-state index contributed by atoms with van der Waals surface area (Å²) < 4.78 is 0. The third-order valence-electron chi connectivity index (χ3n) is 17.6. The summed E-state index contributed by atoms with van der Waals surface area (Å²) in [6.45, 7) is 20.8. The Morgan fingerprint density at radius 2 is 1.88 bits per heavy atom. The molecule has 4 heteroatoms. The number of nitrogens with zero attached hydrogens (tertiary/aromatic N) is 2. The fraction of sp³-hybridized carbons (Fsp3) is 0.492. The molecule has 2 fully saturated rings. The molecule has 9 unspecified atom stereocenters. The lowest BCUT2D eigenvalue weighted by molar-refractivity contribution is 0.0966. The van der Waals surface area contributed by atoms with Gasteiger partial charge >= 0.3 is 0 Å². The van der Waals surface area contributed by atoms with Gasteiger partial charge in [0, 0.05) is 70.5 Å². The molecule has 10 rings (SSSR count). The topological polar surface area (TPSA) is 30.5 Å². The first kappa shape index (κ1) is 46.3. The molecule has 67 heavy (non-hydrogen) atoms. The SMILES string of the molecule is C=CC1=C(CCCC2C=C3C4C=CC[C@@H](C)C4N(C(C=C)CCCC)C3CC2)N(c2ccc3c(c2)C(C)(C)C2=C3C=CC([C@@H]3NC(/C=C/C=C\C)CC(C4=CCCC=C4)N3)C2)C2=CC=CCC21. The summed E-state index contributed by atoms with van der Waals surface area (Å²) in [5, 5.41) is 8.14. The fourth-order valence-electron chi connectivity index (χ4n) is 14.3. The van der Waals surface area contributed by atoms with Gasteiger partial charge in [-0.2, -0.15) is 0 Å². The van der Waals surface area contributed by atoms with Crippen LogP contribution in [0.2, 0.25) is 0 Å². The smallest absolute Gasteiger partial charge is 0.0648 e. The molecule has 0 radical (unpaired) electrons. The highest BCUT2D eigenvalue weighted by Crippen LogP contribution is 2.55. The number of hydrogen-bond donors (Lipinski definition) is 2. The molecule has 9 aliphatic rings. The molecule has 1 aromatic rings. The van der Waals surface area contributed by atoms with E-state index in [1.54, 1.807) is 11.1 Å². The molecule has 0 amide bonds. The number of hydrogen-bond acceptors (Lipinski definition) is 4. The van der Waals surface area contributed by atoms with E-state index >= 15 is 0 Å². The zero-order valence-corrected chi connectivity index (χ0v) is 41.6. The van der Waals surface area contributed by atoms with Crippen LogP contribution in [0.3, 0.4) is 0 Å². The Balaban J connectivity index is 0.872. The maximum atomic E-state index is 4.47. The maximum absolute atomic E-state index is 4.47. The molecule has 2 N–H and O–H groups in total. The van der Waals surface area contributed by atoms with E-state index in [2.05, 4.69) is 190 Å². The van der Waals surface area contributed by atoms with E-state index in [-0.39, 0.29) is 11.6 Å². The van der Waals surface area contributed by atoms with Gasteiger partial charge in [0.2, 0.25) is 0 Å². The van der Waals surface area contributed by atoms with Crippen LogP contribution in [-0.2, 0) is 5.41 Å². The maximum Gasteiger partial charge on any atom is 0.0648 e. The summed E-state index contributed by atoms with van der Waals surface area (Å²) in [6.07, 6.45) is 57.0. The highest BCUT2D eigenvalue weighted by atomic mass is 15.3. The van der Waals surface area contributed by atoms with Crippen LogP contribution in [0.5, 0.6) is 0 Å². The number of likely N-dealkylation sites (tertiary alicyclic amines) is 1. The summed E-state index contributed by atoms with van der Waals surface area (Å²) in [4.78, 5) is 5.61. The number of anilines is 1. The molecule has 1 aromatic carbocycles. The van der Waals surface area contributed by atoms with Gasteiger partial charge in [-0.1, -0.05) is 156 Å². The van der Waals surface area contributed by atoms with Crippen molar-refractivity contribution in [1.82, 2.24) is 15.5 Å². The molecule has 3 aliphatic heterocycles. The molecule has 2 saturated heterocycles. The van der Waals surface area contributed by atoms with Crippen molar-refractivity contribution in [2.24, 2.45) is 29.6 Å². The van der Waals surface area contributed by atoms with E-state index in [0.29, 0.717) is 59.8 Å². The highest BCUT2D eigenvalue weighted by Gasteiger charge is 2.50. The largest absolute Gasteiger partial charge is 0.317 e. The molecule has 0 saturated carbocycles. The van der Waals surface area contributed by atoms with Crippen molar-refractivity contribution in [1.29, 1.82) is 0 Å². The average Bonchev–Trinajstić information content (AvgIpc) is 3.94. The van der Waals surface area contributed by atoms with Gasteiger partial charge in [-0.25, -0.2) is 0 Å². The van der Waals surface area contributed by atoms with Crippen LogP contribution >= 0.6 is 0 Å². The first-order valence-corrected chi connectivity index (χ1v) is 26.8. The third-order valence-corrected chi connectivity index (χ3v) is 17.6. The van der Waals surface area contributed by atoms with Gasteiger partial charge in [0.05, 0.1) is 6.17 Å². The number of allylic oxidation sites excluding steroid dienone is 16. The minimum absolute atomic E-state index is 0.0725. The van der Waals surface area contributed by atoms with Crippen molar-refractivity contribution in [3.8, 4) is 0 Å². The molecular formula is C63H80N4. The minimum Gasteiger partial charge on any atom is -0.317 e. The first-order chi connectivity index (χ1) is 32.7. The van der Waals surface area contributed by atoms with Gasteiger partial charge in [0.15, 0.2) is 0 Å². The van der Waals surface area contributed by atoms with Gasteiger partial charge in [-0.05, 0) is 147 Å². The summed E-state index contributed by atoms with van der Waals surface area (Å²) >= 11 is 0. The number of fused-ring (bicyclic) bond motifs is 6. The number of nitrogens with one attached hydrogen (secondary N) is 2. The van der Waals surface area contributed by atoms with Crippen LogP contribution in [-0.4, -0.2) is 41.3 Å². The van der Waals surface area contributed by atoms with Crippen molar-refractivity contribution in [2.45, 2.75) is 166 Å². The molecule has 0 aromatic heterocycles. The molecule has 6 aliphatic carbocycles. The lowest BCUT2D eigenvalue weighted by Crippen LogP contribution is -2.61. The van der Waals surface area contributed by atoms with Crippen molar-refractivity contribution in [3.05, 3.63) is 179 Å². The number of benzene rings is 1. The fourth-order valence-corrected chi connectivity index (χ4v) is 14.3. The Morgan fingerprint density at radius 3 is 2.69 bits per heavy atom. The van der Waals surface area contributed by atoms with E-state index in [4.69, 9.17) is 0 Å². The van der Waals surface area contributed by atoms with Crippen LogP contribution in [0.15, 0.2) is 168 Å². The van der Waals surface area contributed by atoms with Crippen LogP contribution in [0.4, 0.5) is 5.69 Å². The Morgan fingerprint density at radius 1 is 0.985 bits per heavy atom. The van der Waals surface area contributed by atoms with Crippen molar-refractivity contribution >= 4 is 11.3 Å².